The van der Waals surface area contributed by atoms with Crippen LogP contribution in [0.5, 0.6) is 11.5 Å². The molecular weight excluding hydrogens is 272 g/mol. The molecule has 0 aliphatic rings. The van der Waals surface area contributed by atoms with Crippen LogP contribution in [-0.4, -0.2) is 21.8 Å². The molecule has 1 heterocycles. The zero-order valence-electron chi connectivity index (χ0n) is 11.2. The van der Waals surface area contributed by atoms with E-state index < -0.39 is 11.2 Å². The van der Waals surface area contributed by atoms with Crippen molar-refractivity contribution in [2.45, 2.75) is 0 Å². The van der Waals surface area contributed by atoms with Gasteiger partial charge in [-0.15, -0.1) is 0 Å². The van der Waals surface area contributed by atoms with Crippen molar-refractivity contribution < 1.29 is 9.84 Å². The van der Waals surface area contributed by atoms with Crippen LogP contribution in [0.4, 0.5) is 0 Å². The van der Waals surface area contributed by atoms with Crippen LogP contribution in [0, 0.1) is 0 Å². The topological polar surface area (TPSA) is 84.3 Å². The third-order valence-electron chi connectivity index (χ3n) is 3.24. The fourth-order valence-electron chi connectivity index (χ4n) is 2.26. The summed E-state index contributed by atoms with van der Waals surface area (Å²) in [5.74, 6) is 0.262. The van der Waals surface area contributed by atoms with E-state index in [9.17, 15) is 14.7 Å². The minimum absolute atomic E-state index is 0.124. The Morgan fingerprint density at radius 3 is 2.62 bits per heavy atom. The Bertz CT molecular complexity index is 940. The van der Waals surface area contributed by atoms with E-state index in [1.54, 1.807) is 36.4 Å². The number of hydrogen-bond donors (Lipinski definition) is 2. The number of aromatic amines is 1. The van der Waals surface area contributed by atoms with Crippen molar-refractivity contribution in [3.05, 3.63) is 63.3 Å². The SMILES string of the molecule is COc1ccccc1-n1c(=O)[nH]c2c(O)cccc2c1=O. The number of methoxy groups -OCH3 is 1. The number of nitrogens with one attached hydrogen (secondary N) is 1. The first-order valence-electron chi connectivity index (χ1n) is 6.24. The summed E-state index contributed by atoms with van der Waals surface area (Å²) in [4.78, 5) is 27.3. The summed E-state index contributed by atoms with van der Waals surface area (Å²) >= 11 is 0. The first kappa shape index (κ1) is 13.0. The molecule has 0 saturated heterocycles. The summed E-state index contributed by atoms with van der Waals surface area (Å²) in [6, 6.07) is 11.2. The van der Waals surface area contributed by atoms with Gasteiger partial charge in [0.2, 0.25) is 0 Å². The number of aromatic hydroxyl groups is 1. The molecule has 0 aliphatic carbocycles. The number of phenols is 1. The monoisotopic (exact) mass is 284 g/mol. The fraction of sp³-hybridized carbons (Fsp3) is 0.0667. The lowest BCUT2D eigenvalue weighted by molar-refractivity contribution is 0.412. The van der Waals surface area contributed by atoms with Crippen molar-refractivity contribution in [3.63, 3.8) is 0 Å². The van der Waals surface area contributed by atoms with Crippen LogP contribution in [0.25, 0.3) is 16.6 Å². The maximum absolute atomic E-state index is 12.5. The smallest absolute Gasteiger partial charge is 0.333 e. The summed E-state index contributed by atoms with van der Waals surface area (Å²) in [5.41, 5.74) is -0.692. The number of hydrogen-bond acceptors (Lipinski definition) is 4. The molecule has 0 radical (unpaired) electrons. The molecule has 2 N–H and O–H groups in total. The number of rotatable bonds is 2. The zero-order valence-corrected chi connectivity index (χ0v) is 11.2. The first-order chi connectivity index (χ1) is 10.1. The largest absolute Gasteiger partial charge is 0.506 e. The molecule has 106 valence electrons. The quantitative estimate of drug-likeness (QED) is 0.745. The van der Waals surface area contributed by atoms with Crippen molar-refractivity contribution in [2.75, 3.05) is 7.11 Å². The number of para-hydroxylation sites is 3. The van der Waals surface area contributed by atoms with Gasteiger partial charge in [0.05, 0.1) is 23.7 Å². The van der Waals surface area contributed by atoms with Gasteiger partial charge in [-0.2, -0.15) is 0 Å². The van der Waals surface area contributed by atoms with Crippen LogP contribution in [0.2, 0.25) is 0 Å². The van der Waals surface area contributed by atoms with E-state index in [2.05, 4.69) is 4.98 Å². The minimum atomic E-state index is -0.640. The van der Waals surface area contributed by atoms with Crippen LogP contribution in [-0.2, 0) is 0 Å². The van der Waals surface area contributed by atoms with Gasteiger partial charge in [0.15, 0.2) is 0 Å². The summed E-state index contributed by atoms with van der Waals surface area (Å²) in [7, 11) is 1.46. The maximum Gasteiger partial charge on any atom is 0.333 e. The Morgan fingerprint density at radius 2 is 1.86 bits per heavy atom. The highest BCUT2D eigenvalue weighted by atomic mass is 16.5. The van der Waals surface area contributed by atoms with Crippen molar-refractivity contribution in [3.8, 4) is 17.2 Å². The van der Waals surface area contributed by atoms with Crippen molar-refractivity contribution in [2.24, 2.45) is 0 Å². The summed E-state index contributed by atoms with van der Waals surface area (Å²) < 4.78 is 6.17. The summed E-state index contributed by atoms with van der Waals surface area (Å²) in [5, 5.41) is 9.96. The normalized spacial score (nSPS) is 10.7. The van der Waals surface area contributed by atoms with Gasteiger partial charge in [-0.3, -0.25) is 4.79 Å². The molecule has 0 spiro atoms. The van der Waals surface area contributed by atoms with Crippen LogP contribution in [0.15, 0.2) is 52.1 Å². The van der Waals surface area contributed by atoms with Crippen LogP contribution < -0.4 is 16.0 Å². The van der Waals surface area contributed by atoms with E-state index in [1.165, 1.54) is 13.2 Å². The second kappa shape index (κ2) is 4.82. The third kappa shape index (κ3) is 1.97. The molecule has 0 aliphatic heterocycles. The van der Waals surface area contributed by atoms with Gasteiger partial charge in [0.25, 0.3) is 5.56 Å². The van der Waals surface area contributed by atoms with Crippen molar-refractivity contribution in [1.82, 2.24) is 9.55 Å². The lowest BCUT2D eigenvalue weighted by atomic mass is 10.2. The minimum Gasteiger partial charge on any atom is -0.506 e. The lowest BCUT2D eigenvalue weighted by Crippen LogP contribution is -2.33. The van der Waals surface area contributed by atoms with Gasteiger partial charge in [-0.1, -0.05) is 18.2 Å². The molecule has 6 nitrogen and oxygen atoms in total. The summed E-state index contributed by atoms with van der Waals surface area (Å²) in [6.07, 6.45) is 0. The molecule has 1 aromatic heterocycles. The van der Waals surface area contributed by atoms with Gasteiger partial charge in [0.1, 0.15) is 11.5 Å². The molecule has 21 heavy (non-hydrogen) atoms. The van der Waals surface area contributed by atoms with E-state index in [0.717, 1.165) is 4.57 Å². The Labute approximate surface area is 118 Å². The van der Waals surface area contributed by atoms with E-state index in [4.69, 9.17) is 4.74 Å². The van der Waals surface area contributed by atoms with Crippen LogP contribution in [0.3, 0.4) is 0 Å². The average molecular weight is 284 g/mol. The van der Waals surface area contributed by atoms with Gasteiger partial charge >= 0.3 is 5.69 Å². The Hall–Kier alpha value is -3.02. The number of phenolic OH excluding ortho intramolecular Hbond substituents is 1. The standard InChI is InChI=1S/C15H12N2O4/c1-21-12-8-3-2-6-10(12)17-14(19)9-5-4-7-11(18)13(9)16-15(17)20/h2-8,18H,1H3,(H,16,20). The van der Waals surface area contributed by atoms with E-state index >= 15 is 0 Å². The summed E-state index contributed by atoms with van der Waals surface area (Å²) in [6.45, 7) is 0. The molecule has 0 fully saturated rings. The highest BCUT2D eigenvalue weighted by Crippen LogP contribution is 2.21. The predicted octanol–water partition coefficient (Wildman–Crippen LogP) is 1.39. The lowest BCUT2D eigenvalue weighted by Gasteiger charge is -2.10. The molecular formula is C15H12N2O4. The number of ether oxygens (including phenoxy) is 1. The third-order valence-corrected chi connectivity index (χ3v) is 3.24. The average Bonchev–Trinajstić information content (AvgIpc) is 2.49. The molecule has 0 atom stereocenters. The molecule has 3 rings (SSSR count). The molecule has 0 amide bonds. The van der Waals surface area contributed by atoms with Gasteiger partial charge in [-0.05, 0) is 24.3 Å². The number of fused-ring (bicyclic) bond motifs is 1. The van der Waals surface area contributed by atoms with E-state index in [-0.39, 0.29) is 16.7 Å². The Kier molecular flexibility index (Phi) is 2.98. The highest BCUT2D eigenvalue weighted by molar-refractivity contribution is 5.83. The van der Waals surface area contributed by atoms with Crippen LogP contribution in [0.1, 0.15) is 0 Å². The molecule has 0 unspecified atom stereocenters. The highest BCUT2D eigenvalue weighted by Gasteiger charge is 2.14. The van der Waals surface area contributed by atoms with E-state index in [0.29, 0.717) is 11.4 Å². The number of aromatic nitrogens is 2. The maximum atomic E-state index is 12.5. The fourth-order valence-corrected chi connectivity index (χ4v) is 2.26. The predicted molar refractivity (Wildman–Crippen MR) is 78.4 cm³/mol. The molecule has 0 saturated carbocycles. The Balaban J connectivity index is 2.45. The number of nitrogens with zero attached hydrogens (tertiary/aromatic N) is 1. The van der Waals surface area contributed by atoms with Crippen LogP contribution >= 0.6 is 0 Å². The van der Waals surface area contributed by atoms with Gasteiger partial charge in [0, 0.05) is 0 Å². The molecule has 6 heteroatoms. The zero-order chi connectivity index (χ0) is 15.0. The second-order valence-electron chi connectivity index (χ2n) is 4.44. The number of H-pyrrole nitrogens is 1. The first-order valence-corrected chi connectivity index (χ1v) is 6.24. The van der Waals surface area contributed by atoms with E-state index in [1.807, 2.05) is 0 Å². The van der Waals surface area contributed by atoms with Crippen molar-refractivity contribution >= 4 is 10.9 Å². The molecule has 0 bridgehead atoms. The van der Waals surface area contributed by atoms with Gasteiger partial charge in [-0.25, -0.2) is 9.36 Å². The second-order valence-corrected chi connectivity index (χ2v) is 4.44. The number of benzene rings is 2. The molecule has 2 aromatic carbocycles. The van der Waals surface area contributed by atoms with Crippen molar-refractivity contribution in [1.29, 1.82) is 0 Å². The van der Waals surface area contributed by atoms with Gasteiger partial charge < -0.3 is 14.8 Å². The Morgan fingerprint density at radius 1 is 1.10 bits per heavy atom. The molecule has 3 aromatic rings.